The maximum atomic E-state index is 12.9. The molecule has 0 spiro atoms. The van der Waals surface area contributed by atoms with Gasteiger partial charge < -0.3 is 10.0 Å². The van der Waals surface area contributed by atoms with E-state index < -0.39 is 12.1 Å². The van der Waals surface area contributed by atoms with Gasteiger partial charge in [-0.3, -0.25) is 0 Å². The molecular formula is C15H26F3NO. The molecule has 0 bridgehead atoms. The first-order chi connectivity index (χ1) is 9.35. The summed E-state index contributed by atoms with van der Waals surface area (Å²) in [5.41, 5.74) is -0.175. The van der Waals surface area contributed by atoms with Crippen molar-refractivity contribution in [2.75, 3.05) is 26.2 Å². The van der Waals surface area contributed by atoms with Crippen LogP contribution in [-0.2, 0) is 0 Å². The SMILES string of the molecule is CC1CCCC(CO)(CN2CCCC(C(F)(F)F)C2)C1. The van der Waals surface area contributed by atoms with Crippen molar-refractivity contribution in [2.45, 2.75) is 51.6 Å². The van der Waals surface area contributed by atoms with Crippen molar-refractivity contribution in [3.63, 3.8) is 0 Å². The Kier molecular flexibility index (Phi) is 5.00. The second-order valence-electron chi connectivity index (χ2n) is 6.98. The van der Waals surface area contributed by atoms with Gasteiger partial charge in [0.1, 0.15) is 0 Å². The summed E-state index contributed by atoms with van der Waals surface area (Å²) in [5, 5.41) is 9.77. The second-order valence-corrected chi connectivity index (χ2v) is 6.98. The topological polar surface area (TPSA) is 23.5 Å². The minimum absolute atomic E-state index is 0.102. The van der Waals surface area contributed by atoms with Crippen molar-refractivity contribution in [1.82, 2.24) is 4.90 Å². The van der Waals surface area contributed by atoms with E-state index in [9.17, 15) is 18.3 Å². The number of aliphatic hydroxyl groups excluding tert-OH is 1. The van der Waals surface area contributed by atoms with E-state index in [1.54, 1.807) is 0 Å². The van der Waals surface area contributed by atoms with Crippen molar-refractivity contribution >= 4 is 0 Å². The maximum absolute atomic E-state index is 12.9. The number of hydrogen-bond acceptors (Lipinski definition) is 2. The van der Waals surface area contributed by atoms with Crippen LogP contribution in [-0.4, -0.2) is 42.4 Å². The van der Waals surface area contributed by atoms with Crippen LogP contribution in [0.25, 0.3) is 0 Å². The van der Waals surface area contributed by atoms with Crippen molar-refractivity contribution < 1.29 is 18.3 Å². The molecule has 1 N–H and O–H groups in total. The maximum Gasteiger partial charge on any atom is 0.393 e. The summed E-state index contributed by atoms with van der Waals surface area (Å²) < 4.78 is 38.6. The fraction of sp³-hybridized carbons (Fsp3) is 1.00. The van der Waals surface area contributed by atoms with E-state index in [0.29, 0.717) is 18.9 Å². The number of rotatable bonds is 3. The smallest absolute Gasteiger partial charge is 0.393 e. The molecule has 0 amide bonds. The first-order valence-corrected chi connectivity index (χ1v) is 7.75. The Hall–Kier alpha value is -0.290. The van der Waals surface area contributed by atoms with Gasteiger partial charge in [0.2, 0.25) is 0 Å². The Morgan fingerprint density at radius 3 is 2.60 bits per heavy atom. The van der Waals surface area contributed by atoms with Crippen LogP contribution in [0.15, 0.2) is 0 Å². The summed E-state index contributed by atoms with van der Waals surface area (Å²) >= 11 is 0. The molecule has 1 aliphatic heterocycles. The average Bonchev–Trinajstić information content (AvgIpc) is 2.38. The normalized spacial score (nSPS) is 37.0. The summed E-state index contributed by atoms with van der Waals surface area (Å²) in [6, 6.07) is 0. The van der Waals surface area contributed by atoms with Crippen LogP contribution in [0, 0.1) is 17.3 Å². The molecule has 1 heterocycles. The number of alkyl halides is 3. The van der Waals surface area contributed by atoms with Crippen LogP contribution in [0.2, 0.25) is 0 Å². The molecule has 1 aliphatic carbocycles. The molecule has 1 saturated heterocycles. The summed E-state index contributed by atoms with van der Waals surface area (Å²) in [4.78, 5) is 1.94. The third-order valence-corrected chi connectivity index (χ3v) is 5.05. The van der Waals surface area contributed by atoms with Crippen LogP contribution in [0.4, 0.5) is 13.2 Å². The molecule has 2 fully saturated rings. The second kappa shape index (κ2) is 6.22. The van der Waals surface area contributed by atoms with E-state index >= 15 is 0 Å². The lowest BCUT2D eigenvalue weighted by atomic mass is 9.70. The van der Waals surface area contributed by atoms with Gasteiger partial charge in [-0.2, -0.15) is 13.2 Å². The molecule has 0 radical (unpaired) electrons. The molecule has 0 aromatic heterocycles. The Labute approximate surface area is 119 Å². The van der Waals surface area contributed by atoms with E-state index in [1.165, 1.54) is 6.42 Å². The first-order valence-electron chi connectivity index (χ1n) is 7.75. The molecule has 2 aliphatic rings. The Balaban J connectivity index is 1.97. The molecule has 2 nitrogen and oxygen atoms in total. The Bertz CT molecular complexity index is 321. The Morgan fingerprint density at radius 2 is 2.00 bits per heavy atom. The van der Waals surface area contributed by atoms with Gasteiger partial charge in [-0.05, 0) is 38.1 Å². The number of halogens is 3. The molecule has 0 aromatic rings. The number of hydrogen-bond donors (Lipinski definition) is 1. The largest absolute Gasteiger partial charge is 0.396 e. The van der Waals surface area contributed by atoms with Crippen molar-refractivity contribution in [3.05, 3.63) is 0 Å². The van der Waals surface area contributed by atoms with E-state index in [2.05, 4.69) is 6.92 Å². The van der Waals surface area contributed by atoms with Crippen molar-refractivity contribution in [2.24, 2.45) is 17.3 Å². The van der Waals surface area contributed by atoms with E-state index in [4.69, 9.17) is 0 Å². The van der Waals surface area contributed by atoms with Crippen LogP contribution in [0.3, 0.4) is 0 Å². The minimum atomic E-state index is -4.08. The molecule has 20 heavy (non-hydrogen) atoms. The van der Waals surface area contributed by atoms with Crippen LogP contribution in [0.1, 0.15) is 45.4 Å². The molecule has 3 unspecified atom stereocenters. The van der Waals surface area contributed by atoms with Crippen LogP contribution in [0.5, 0.6) is 0 Å². The van der Waals surface area contributed by atoms with Gasteiger partial charge in [0.15, 0.2) is 0 Å². The predicted molar refractivity (Wildman–Crippen MR) is 72.4 cm³/mol. The summed E-state index contributed by atoms with van der Waals surface area (Å²) in [6.45, 7) is 3.76. The molecule has 5 heteroatoms. The highest BCUT2D eigenvalue weighted by Crippen LogP contribution is 2.41. The number of likely N-dealkylation sites (tertiary alicyclic amines) is 1. The zero-order valence-electron chi connectivity index (χ0n) is 12.3. The van der Waals surface area contributed by atoms with Gasteiger partial charge >= 0.3 is 6.18 Å². The van der Waals surface area contributed by atoms with E-state index in [0.717, 1.165) is 25.8 Å². The summed E-state index contributed by atoms with van der Waals surface area (Å²) in [5.74, 6) is -0.618. The molecule has 3 atom stereocenters. The third kappa shape index (κ3) is 3.88. The van der Waals surface area contributed by atoms with Gasteiger partial charge in [0.25, 0.3) is 0 Å². The van der Waals surface area contributed by atoms with Crippen molar-refractivity contribution in [3.8, 4) is 0 Å². The molecule has 118 valence electrons. The number of piperidine rings is 1. The zero-order chi connectivity index (χ0) is 14.8. The highest BCUT2D eigenvalue weighted by atomic mass is 19.4. The fourth-order valence-electron chi connectivity index (χ4n) is 4.05. The molecule has 1 saturated carbocycles. The third-order valence-electron chi connectivity index (χ3n) is 5.05. The van der Waals surface area contributed by atoms with Gasteiger partial charge in [0.05, 0.1) is 5.92 Å². The summed E-state index contributed by atoms with van der Waals surface area (Å²) in [7, 11) is 0. The van der Waals surface area contributed by atoms with Crippen LogP contribution < -0.4 is 0 Å². The van der Waals surface area contributed by atoms with Crippen LogP contribution >= 0.6 is 0 Å². The quantitative estimate of drug-likeness (QED) is 0.861. The molecule has 2 rings (SSSR count). The Morgan fingerprint density at radius 1 is 1.25 bits per heavy atom. The standard InChI is InChI=1S/C15H26F3NO/c1-12-4-2-6-14(8-12,11-20)10-19-7-3-5-13(9-19)15(16,17)18/h12-13,20H,2-11H2,1H3. The fourth-order valence-corrected chi connectivity index (χ4v) is 4.05. The first kappa shape index (κ1) is 16.1. The lowest BCUT2D eigenvalue weighted by Crippen LogP contribution is -2.48. The number of nitrogens with zero attached hydrogens (tertiary/aromatic N) is 1. The van der Waals surface area contributed by atoms with Gasteiger partial charge in [-0.15, -0.1) is 0 Å². The predicted octanol–water partition coefficient (Wildman–Crippen LogP) is 3.45. The molecule has 0 aromatic carbocycles. The van der Waals surface area contributed by atoms with E-state index in [1.807, 2.05) is 4.90 Å². The van der Waals surface area contributed by atoms with E-state index in [-0.39, 0.29) is 25.0 Å². The van der Waals surface area contributed by atoms with Gasteiger partial charge in [-0.25, -0.2) is 0 Å². The monoisotopic (exact) mass is 293 g/mol. The van der Waals surface area contributed by atoms with Gasteiger partial charge in [0, 0.05) is 25.1 Å². The number of aliphatic hydroxyl groups is 1. The molecular weight excluding hydrogens is 267 g/mol. The van der Waals surface area contributed by atoms with Gasteiger partial charge in [-0.1, -0.05) is 19.8 Å². The lowest BCUT2D eigenvalue weighted by Gasteiger charge is -2.44. The zero-order valence-corrected chi connectivity index (χ0v) is 12.3. The highest BCUT2D eigenvalue weighted by molar-refractivity contribution is 4.89. The lowest BCUT2D eigenvalue weighted by molar-refractivity contribution is -0.188. The van der Waals surface area contributed by atoms with Crippen molar-refractivity contribution in [1.29, 1.82) is 0 Å². The summed E-state index contributed by atoms with van der Waals surface area (Å²) in [6.07, 6.45) is 0.928. The average molecular weight is 293 g/mol. The minimum Gasteiger partial charge on any atom is -0.396 e. The highest BCUT2D eigenvalue weighted by Gasteiger charge is 2.43.